The van der Waals surface area contributed by atoms with Gasteiger partial charge in [-0.15, -0.1) is 0 Å². The highest BCUT2D eigenvalue weighted by molar-refractivity contribution is 7.89. The van der Waals surface area contributed by atoms with Crippen molar-refractivity contribution in [3.05, 3.63) is 65.4 Å². The van der Waals surface area contributed by atoms with E-state index in [2.05, 4.69) is 5.32 Å². The molecule has 0 bridgehead atoms. The molecule has 2 aromatic carbocycles. The molecule has 1 aromatic heterocycles. The van der Waals surface area contributed by atoms with E-state index in [-0.39, 0.29) is 11.9 Å². The van der Waals surface area contributed by atoms with E-state index in [0.29, 0.717) is 30.8 Å². The third-order valence-electron chi connectivity index (χ3n) is 6.17. The fourth-order valence-corrected chi connectivity index (χ4v) is 5.84. The molecule has 1 aliphatic heterocycles. The van der Waals surface area contributed by atoms with E-state index in [1.54, 1.807) is 28.6 Å². The van der Waals surface area contributed by atoms with Crippen LogP contribution in [0.5, 0.6) is 0 Å². The molecule has 6 nitrogen and oxygen atoms in total. The summed E-state index contributed by atoms with van der Waals surface area (Å²) >= 11 is 0. The van der Waals surface area contributed by atoms with E-state index in [0.717, 1.165) is 47.1 Å². The first-order valence-corrected chi connectivity index (χ1v) is 12.7. The third-order valence-corrected chi connectivity index (χ3v) is 8.08. The lowest BCUT2D eigenvalue weighted by atomic mass is 10.1. The highest BCUT2D eigenvalue weighted by atomic mass is 32.2. The van der Waals surface area contributed by atoms with Gasteiger partial charge in [0.15, 0.2) is 0 Å². The lowest BCUT2D eigenvalue weighted by Gasteiger charge is -2.25. The van der Waals surface area contributed by atoms with Gasteiger partial charge in [-0.2, -0.15) is 4.31 Å². The van der Waals surface area contributed by atoms with Gasteiger partial charge in [0.05, 0.1) is 10.9 Å². The fraction of sp³-hybridized carbons (Fsp3) is 0.400. The third kappa shape index (κ3) is 4.74. The molecule has 1 fully saturated rings. The number of aryl methyl sites for hydroxylation is 2. The Hall–Kier alpha value is -2.64. The largest absolute Gasteiger partial charge is 0.459 e. The molecule has 0 spiro atoms. The van der Waals surface area contributed by atoms with Crippen LogP contribution in [0, 0.1) is 6.92 Å². The summed E-state index contributed by atoms with van der Waals surface area (Å²) in [6.07, 6.45) is 3.78. The van der Waals surface area contributed by atoms with Crippen molar-refractivity contribution >= 4 is 26.9 Å². The number of sulfonamides is 1. The summed E-state index contributed by atoms with van der Waals surface area (Å²) in [5.74, 6) is 0.703. The number of nitrogens with one attached hydrogen (secondary N) is 1. The Kier molecular flexibility index (Phi) is 6.67. The molecule has 170 valence electrons. The zero-order valence-electron chi connectivity index (χ0n) is 18.6. The minimum absolute atomic E-state index is 0.0672. The zero-order chi connectivity index (χ0) is 22.7. The average molecular weight is 455 g/mol. The molecule has 1 amide bonds. The SMILES string of the molecule is Cc1c(C(C)NC(=O)CCc2ccc(S(=O)(=O)N3CCCCC3)cc2)oc2ccccc12. The van der Waals surface area contributed by atoms with E-state index in [4.69, 9.17) is 4.42 Å². The number of piperidine rings is 1. The fourth-order valence-electron chi connectivity index (χ4n) is 4.33. The Morgan fingerprint density at radius 2 is 1.75 bits per heavy atom. The van der Waals surface area contributed by atoms with E-state index in [1.165, 1.54) is 0 Å². The highest BCUT2D eigenvalue weighted by Crippen LogP contribution is 2.29. The maximum Gasteiger partial charge on any atom is 0.243 e. The molecule has 1 atom stereocenters. The number of hydrogen-bond donors (Lipinski definition) is 1. The number of carbonyl (C=O) groups excluding carboxylic acids is 1. The predicted octanol–water partition coefficient (Wildman–Crippen LogP) is 4.73. The summed E-state index contributed by atoms with van der Waals surface area (Å²) in [4.78, 5) is 12.8. The number of nitrogens with zero attached hydrogens (tertiary/aromatic N) is 1. The van der Waals surface area contributed by atoms with Crippen molar-refractivity contribution in [2.24, 2.45) is 0 Å². The van der Waals surface area contributed by atoms with Crippen molar-refractivity contribution in [2.75, 3.05) is 13.1 Å². The predicted molar refractivity (Wildman–Crippen MR) is 125 cm³/mol. The molecular formula is C25H30N2O4S. The molecule has 1 N–H and O–H groups in total. The Bertz CT molecular complexity index is 1190. The highest BCUT2D eigenvalue weighted by Gasteiger charge is 2.25. The first-order chi connectivity index (χ1) is 15.4. The second kappa shape index (κ2) is 9.46. The molecule has 1 saturated heterocycles. The van der Waals surface area contributed by atoms with E-state index in [9.17, 15) is 13.2 Å². The minimum atomic E-state index is -3.43. The monoisotopic (exact) mass is 454 g/mol. The lowest BCUT2D eigenvalue weighted by Crippen LogP contribution is -2.35. The molecular weight excluding hydrogens is 424 g/mol. The summed E-state index contributed by atoms with van der Waals surface area (Å²) in [5.41, 5.74) is 2.80. The van der Waals surface area contributed by atoms with Gasteiger partial charge in [-0.1, -0.05) is 36.8 Å². The van der Waals surface area contributed by atoms with Crippen molar-refractivity contribution in [1.29, 1.82) is 0 Å². The average Bonchev–Trinajstić information content (AvgIpc) is 3.15. The molecule has 0 radical (unpaired) electrons. The standard InChI is InChI=1S/C25H30N2O4S/c1-18-22-8-4-5-9-23(22)31-25(18)19(2)26-24(28)15-12-20-10-13-21(14-11-20)32(29,30)27-16-6-3-7-17-27/h4-5,8-11,13-14,19H,3,6-7,12,15-17H2,1-2H3,(H,26,28). The van der Waals surface area contributed by atoms with Crippen molar-refractivity contribution < 1.29 is 17.6 Å². The number of amides is 1. The van der Waals surface area contributed by atoms with Gasteiger partial charge in [-0.25, -0.2) is 8.42 Å². The maximum absolute atomic E-state index is 12.8. The Labute approximate surface area is 189 Å². The normalized spacial score (nSPS) is 16.2. The Morgan fingerprint density at radius 1 is 1.06 bits per heavy atom. The van der Waals surface area contributed by atoms with Gasteiger partial charge < -0.3 is 9.73 Å². The van der Waals surface area contributed by atoms with Crippen LogP contribution in [0.15, 0.2) is 57.8 Å². The summed E-state index contributed by atoms with van der Waals surface area (Å²) in [5, 5.41) is 4.07. The molecule has 0 aliphatic carbocycles. The van der Waals surface area contributed by atoms with E-state index >= 15 is 0 Å². The van der Waals surface area contributed by atoms with Gasteiger partial charge in [0.25, 0.3) is 0 Å². The van der Waals surface area contributed by atoms with Crippen LogP contribution in [0.2, 0.25) is 0 Å². The van der Waals surface area contributed by atoms with Crippen LogP contribution in [0.3, 0.4) is 0 Å². The summed E-state index contributed by atoms with van der Waals surface area (Å²) < 4.78 is 33.0. The van der Waals surface area contributed by atoms with Crippen LogP contribution in [0.1, 0.15) is 55.5 Å². The second-order valence-electron chi connectivity index (χ2n) is 8.49. The number of hydrogen-bond acceptors (Lipinski definition) is 4. The van der Waals surface area contributed by atoms with Gasteiger partial charge in [0, 0.05) is 30.5 Å². The molecule has 7 heteroatoms. The zero-order valence-corrected chi connectivity index (χ0v) is 19.5. The topological polar surface area (TPSA) is 79.6 Å². The number of para-hydroxylation sites is 1. The van der Waals surface area contributed by atoms with Crippen LogP contribution in [0.4, 0.5) is 0 Å². The van der Waals surface area contributed by atoms with Crippen molar-refractivity contribution in [2.45, 2.75) is 56.9 Å². The molecule has 1 unspecified atom stereocenters. The number of benzene rings is 2. The number of rotatable bonds is 7. The molecule has 0 saturated carbocycles. The van der Waals surface area contributed by atoms with Crippen LogP contribution in [-0.4, -0.2) is 31.7 Å². The van der Waals surface area contributed by atoms with Gasteiger partial charge >= 0.3 is 0 Å². The summed E-state index contributed by atoms with van der Waals surface area (Å²) in [6.45, 7) is 5.10. The van der Waals surface area contributed by atoms with Crippen LogP contribution in [0.25, 0.3) is 11.0 Å². The lowest BCUT2D eigenvalue weighted by molar-refractivity contribution is -0.121. The minimum Gasteiger partial charge on any atom is -0.459 e. The van der Waals surface area contributed by atoms with Gasteiger partial charge in [0.2, 0.25) is 15.9 Å². The molecule has 1 aliphatic rings. The quantitative estimate of drug-likeness (QED) is 0.560. The second-order valence-corrected chi connectivity index (χ2v) is 10.4. The summed E-state index contributed by atoms with van der Waals surface area (Å²) in [7, 11) is -3.43. The maximum atomic E-state index is 12.8. The Morgan fingerprint density at radius 3 is 2.44 bits per heavy atom. The smallest absolute Gasteiger partial charge is 0.243 e. The van der Waals surface area contributed by atoms with Crippen molar-refractivity contribution in [1.82, 2.24) is 9.62 Å². The van der Waals surface area contributed by atoms with E-state index in [1.807, 2.05) is 38.1 Å². The van der Waals surface area contributed by atoms with Crippen molar-refractivity contribution in [3.63, 3.8) is 0 Å². The van der Waals surface area contributed by atoms with Crippen LogP contribution < -0.4 is 5.32 Å². The molecule has 4 rings (SSSR count). The van der Waals surface area contributed by atoms with Gasteiger partial charge in [-0.05, 0) is 56.9 Å². The Balaban J connectivity index is 1.34. The van der Waals surface area contributed by atoms with Crippen LogP contribution >= 0.6 is 0 Å². The van der Waals surface area contributed by atoms with Gasteiger partial charge in [0.1, 0.15) is 11.3 Å². The number of furan rings is 1. The van der Waals surface area contributed by atoms with E-state index < -0.39 is 10.0 Å². The first-order valence-electron chi connectivity index (χ1n) is 11.2. The first kappa shape index (κ1) is 22.6. The molecule has 2 heterocycles. The van der Waals surface area contributed by atoms with Crippen LogP contribution in [-0.2, 0) is 21.2 Å². The van der Waals surface area contributed by atoms with Gasteiger partial charge in [-0.3, -0.25) is 4.79 Å². The molecule has 3 aromatic rings. The summed E-state index contributed by atoms with van der Waals surface area (Å²) in [6, 6.07) is 14.5. The number of carbonyl (C=O) groups is 1. The molecule has 32 heavy (non-hydrogen) atoms. The number of fused-ring (bicyclic) bond motifs is 1. The van der Waals surface area contributed by atoms with Crippen molar-refractivity contribution in [3.8, 4) is 0 Å².